The first-order valence-electron chi connectivity index (χ1n) is 8.90. The fourth-order valence-corrected chi connectivity index (χ4v) is 2.50. The monoisotopic (exact) mass is 386 g/mol. The Morgan fingerprint density at radius 3 is 2.17 bits per heavy atom. The summed E-state index contributed by atoms with van der Waals surface area (Å²) in [5.41, 5.74) is 2.02. The Morgan fingerprint density at radius 1 is 0.862 bits per heavy atom. The molecule has 0 fully saturated rings. The van der Waals surface area contributed by atoms with E-state index in [-0.39, 0.29) is 12.5 Å². The van der Waals surface area contributed by atoms with Crippen LogP contribution in [0.5, 0.6) is 11.5 Å². The number of rotatable bonds is 7. The van der Waals surface area contributed by atoms with Crippen LogP contribution in [0, 0.1) is 11.3 Å². The standard InChI is InChI=1S/C23H18N2O4/c24-15-14-17-6-10-20(11-7-17)28-16-22(26)29-21-12-8-19(9-13-21)25-23(27)18-4-2-1-3-5-18/h1-13H,14,16H2,(H,25,27). The summed E-state index contributed by atoms with van der Waals surface area (Å²) in [5, 5.41) is 11.4. The lowest BCUT2D eigenvalue weighted by atomic mass is 10.2. The molecule has 1 amide bonds. The van der Waals surface area contributed by atoms with Crippen LogP contribution in [-0.4, -0.2) is 18.5 Å². The average Bonchev–Trinajstić information content (AvgIpc) is 2.75. The maximum absolute atomic E-state index is 12.1. The number of benzene rings is 3. The zero-order valence-electron chi connectivity index (χ0n) is 15.5. The lowest BCUT2D eigenvalue weighted by Crippen LogP contribution is -2.17. The van der Waals surface area contributed by atoms with Gasteiger partial charge in [-0.15, -0.1) is 0 Å². The van der Waals surface area contributed by atoms with Gasteiger partial charge in [-0.05, 0) is 54.1 Å². The smallest absolute Gasteiger partial charge is 0.349 e. The fourth-order valence-electron chi connectivity index (χ4n) is 2.50. The predicted octanol–water partition coefficient (Wildman–Crippen LogP) is 3.99. The summed E-state index contributed by atoms with van der Waals surface area (Å²) in [6.45, 7) is -0.246. The van der Waals surface area contributed by atoms with E-state index in [2.05, 4.69) is 11.4 Å². The van der Waals surface area contributed by atoms with E-state index in [0.717, 1.165) is 5.56 Å². The summed E-state index contributed by atoms with van der Waals surface area (Å²) in [7, 11) is 0. The molecule has 0 saturated carbocycles. The van der Waals surface area contributed by atoms with E-state index in [1.165, 1.54) is 0 Å². The van der Waals surface area contributed by atoms with Crippen molar-refractivity contribution >= 4 is 17.6 Å². The van der Waals surface area contributed by atoms with Gasteiger partial charge in [0.2, 0.25) is 0 Å². The number of esters is 1. The summed E-state index contributed by atoms with van der Waals surface area (Å²) in [6.07, 6.45) is 0.324. The van der Waals surface area contributed by atoms with E-state index in [9.17, 15) is 9.59 Å². The average molecular weight is 386 g/mol. The van der Waals surface area contributed by atoms with Crippen molar-refractivity contribution < 1.29 is 19.1 Å². The van der Waals surface area contributed by atoms with Crippen LogP contribution in [0.4, 0.5) is 5.69 Å². The van der Waals surface area contributed by atoms with E-state index in [0.29, 0.717) is 29.2 Å². The van der Waals surface area contributed by atoms with Crippen LogP contribution in [0.25, 0.3) is 0 Å². The number of nitrogens with one attached hydrogen (secondary N) is 1. The summed E-state index contributed by atoms with van der Waals surface area (Å²) >= 11 is 0. The topological polar surface area (TPSA) is 88.4 Å². The molecule has 0 atom stereocenters. The number of hydrogen-bond donors (Lipinski definition) is 1. The summed E-state index contributed by atoms with van der Waals surface area (Å²) < 4.78 is 10.6. The number of amides is 1. The van der Waals surface area contributed by atoms with Gasteiger partial charge in [0.25, 0.3) is 5.91 Å². The molecule has 0 spiro atoms. The molecule has 0 aliphatic rings. The molecule has 3 aromatic carbocycles. The quantitative estimate of drug-likeness (QED) is 0.490. The molecule has 0 aliphatic heterocycles. The van der Waals surface area contributed by atoms with Gasteiger partial charge in [-0.2, -0.15) is 5.26 Å². The third-order valence-corrected chi connectivity index (χ3v) is 3.94. The maximum atomic E-state index is 12.1. The number of nitriles is 1. The molecule has 0 saturated heterocycles. The van der Waals surface area contributed by atoms with Gasteiger partial charge in [-0.25, -0.2) is 4.79 Å². The minimum atomic E-state index is -0.549. The van der Waals surface area contributed by atoms with E-state index in [1.807, 2.05) is 6.07 Å². The molecule has 1 N–H and O–H groups in total. The van der Waals surface area contributed by atoms with Crippen LogP contribution < -0.4 is 14.8 Å². The first kappa shape index (κ1) is 19.6. The lowest BCUT2D eigenvalue weighted by Gasteiger charge is -2.09. The number of carbonyl (C=O) groups excluding carboxylic acids is 2. The number of anilines is 1. The third-order valence-electron chi connectivity index (χ3n) is 3.94. The van der Waals surface area contributed by atoms with Crippen molar-refractivity contribution in [3.63, 3.8) is 0 Å². The van der Waals surface area contributed by atoms with Gasteiger partial charge in [0.1, 0.15) is 11.5 Å². The molecule has 0 unspecified atom stereocenters. The van der Waals surface area contributed by atoms with Gasteiger partial charge in [-0.1, -0.05) is 30.3 Å². The van der Waals surface area contributed by atoms with E-state index in [1.54, 1.807) is 72.8 Å². The fraction of sp³-hybridized carbons (Fsp3) is 0.0870. The Kier molecular flexibility index (Phi) is 6.58. The van der Waals surface area contributed by atoms with Crippen molar-refractivity contribution in [2.24, 2.45) is 0 Å². The van der Waals surface area contributed by atoms with Gasteiger partial charge >= 0.3 is 5.97 Å². The highest BCUT2D eigenvalue weighted by molar-refractivity contribution is 6.04. The molecule has 3 rings (SSSR count). The van der Waals surface area contributed by atoms with Gasteiger partial charge in [0.05, 0.1) is 12.5 Å². The number of carbonyl (C=O) groups is 2. The second-order valence-electron chi connectivity index (χ2n) is 6.09. The van der Waals surface area contributed by atoms with Crippen molar-refractivity contribution in [2.75, 3.05) is 11.9 Å². The molecule has 0 heterocycles. The Labute approximate surface area is 168 Å². The second-order valence-corrected chi connectivity index (χ2v) is 6.09. The predicted molar refractivity (Wildman–Crippen MR) is 108 cm³/mol. The Balaban J connectivity index is 1.48. The maximum Gasteiger partial charge on any atom is 0.349 e. The molecule has 144 valence electrons. The highest BCUT2D eigenvalue weighted by Crippen LogP contribution is 2.17. The summed E-state index contributed by atoms with van der Waals surface area (Å²) in [5.74, 6) is 0.0972. The van der Waals surface area contributed by atoms with Crippen LogP contribution in [0.2, 0.25) is 0 Å². The molecule has 29 heavy (non-hydrogen) atoms. The van der Waals surface area contributed by atoms with Gasteiger partial charge in [-0.3, -0.25) is 4.79 Å². The Bertz CT molecular complexity index is 1010. The molecule has 6 heteroatoms. The highest BCUT2D eigenvalue weighted by atomic mass is 16.6. The highest BCUT2D eigenvalue weighted by Gasteiger charge is 2.08. The first-order valence-corrected chi connectivity index (χ1v) is 8.90. The zero-order valence-corrected chi connectivity index (χ0v) is 15.5. The summed E-state index contributed by atoms with van der Waals surface area (Å²) in [4.78, 5) is 24.1. The SMILES string of the molecule is N#CCc1ccc(OCC(=O)Oc2ccc(NC(=O)c3ccccc3)cc2)cc1. The van der Waals surface area contributed by atoms with Crippen LogP contribution >= 0.6 is 0 Å². The van der Waals surface area contributed by atoms with Crippen LogP contribution in [0.3, 0.4) is 0 Å². The molecule has 0 radical (unpaired) electrons. The molecular formula is C23H18N2O4. The van der Waals surface area contributed by atoms with E-state index < -0.39 is 5.97 Å². The second kappa shape index (κ2) is 9.72. The van der Waals surface area contributed by atoms with Crippen molar-refractivity contribution in [1.82, 2.24) is 0 Å². The van der Waals surface area contributed by atoms with Crippen LogP contribution in [0.1, 0.15) is 15.9 Å². The van der Waals surface area contributed by atoms with Crippen molar-refractivity contribution in [3.8, 4) is 17.6 Å². The molecule has 3 aromatic rings. The van der Waals surface area contributed by atoms with Gasteiger partial charge in [0, 0.05) is 11.3 Å². The molecule has 0 aromatic heterocycles. The normalized spacial score (nSPS) is 9.90. The molecule has 0 bridgehead atoms. The van der Waals surface area contributed by atoms with Crippen molar-refractivity contribution in [2.45, 2.75) is 6.42 Å². The number of hydrogen-bond acceptors (Lipinski definition) is 5. The number of nitrogens with zero attached hydrogens (tertiary/aromatic N) is 1. The minimum Gasteiger partial charge on any atom is -0.482 e. The van der Waals surface area contributed by atoms with E-state index >= 15 is 0 Å². The zero-order chi connectivity index (χ0) is 20.5. The van der Waals surface area contributed by atoms with E-state index in [4.69, 9.17) is 14.7 Å². The first-order chi connectivity index (χ1) is 14.1. The van der Waals surface area contributed by atoms with Crippen LogP contribution in [0.15, 0.2) is 78.9 Å². The largest absolute Gasteiger partial charge is 0.482 e. The van der Waals surface area contributed by atoms with Crippen molar-refractivity contribution in [1.29, 1.82) is 5.26 Å². The third kappa shape index (κ3) is 5.94. The molecular weight excluding hydrogens is 368 g/mol. The minimum absolute atomic E-state index is 0.218. The Morgan fingerprint density at radius 2 is 1.52 bits per heavy atom. The van der Waals surface area contributed by atoms with Crippen molar-refractivity contribution in [3.05, 3.63) is 90.0 Å². The van der Waals surface area contributed by atoms with Gasteiger partial charge in [0.15, 0.2) is 6.61 Å². The van der Waals surface area contributed by atoms with Crippen LogP contribution in [-0.2, 0) is 11.2 Å². The molecule has 6 nitrogen and oxygen atoms in total. The Hall–Kier alpha value is -4.11. The van der Waals surface area contributed by atoms with Gasteiger partial charge < -0.3 is 14.8 Å². The molecule has 0 aliphatic carbocycles. The summed E-state index contributed by atoms with van der Waals surface area (Å²) in [6, 6.07) is 24.4. The lowest BCUT2D eigenvalue weighted by molar-refractivity contribution is -0.136. The number of ether oxygens (including phenoxy) is 2.